The van der Waals surface area contributed by atoms with Gasteiger partial charge in [-0.15, -0.1) is 0 Å². The third kappa shape index (κ3) is 3.01. The fraction of sp³-hybridized carbons (Fsp3) is 0.333. The molecule has 0 radical (unpaired) electrons. The van der Waals surface area contributed by atoms with Gasteiger partial charge in [-0.05, 0) is 12.1 Å². The van der Waals surface area contributed by atoms with E-state index in [9.17, 15) is 4.39 Å². The number of ether oxygens (including phenoxy) is 1. The Morgan fingerprint density at radius 3 is 2.77 bits per heavy atom. The predicted octanol–water partition coefficient (Wildman–Crippen LogP) is 0.524. The highest BCUT2D eigenvalue weighted by Gasteiger charge is 2.04. The Labute approximate surface area is 75.9 Å². The largest absolute Gasteiger partial charge is 0.489 e. The Bertz CT molecular complexity index is 268. The van der Waals surface area contributed by atoms with E-state index < -0.39 is 11.9 Å². The van der Waals surface area contributed by atoms with E-state index in [1.54, 1.807) is 12.1 Å². The van der Waals surface area contributed by atoms with E-state index in [4.69, 9.17) is 15.6 Å². The maximum absolute atomic E-state index is 12.9. The molecule has 13 heavy (non-hydrogen) atoms. The van der Waals surface area contributed by atoms with Crippen LogP contribution in [0.5, 0.6) is 5.75 Å². The minimum Gasteiger partial charge on any atom is -0.489 e. The molecule has 0 saturated carbocycles. The molecule has 0 aliphatic rings. The Morgan fingerprint density at radius 1 is 1.46 bits per heavy atom. The van der Waals surface area contributed by atoms with Gasteiger partial charge >= 0.3 is 0 Å². The molecule has 0 heterocycles. The molecule has 0 saturated heterocycles. The number of para-hydroxylation sites is 1. The summed E-state index contributed by atoms with van der Waals surface area (Å²) < 4.78 is 17.9. The first kappa shape index (κ1) is 9.95. The van der Waals surface area contributed by atoms with Crippen LogP contribution in [0, 0.1) is 5.82 Å². The Hall–Kier alpha value is -1.13. The summed E-state index contributed by atoms with van der Waals surface area (Å²) in [5.41, 5.74) is 5.37. The van der Waals surface area contributed by atoms with Crippen LogP contribution in [0.25, 0.3) is 0 Å². The highest BCUT2D eigenvalue weighted by molar-refractivity contribution is 5.23. The van der Waals surface area contributed by atoms with Crippen molar-refractivity contribution in [2.75, 3.05) is 13.2 Å². The number of rotatable bonds is 4. The molecule has 0 spiro atoms. The van der Waals surface area contributed by atoms with Gasteiger partial charge in [0.1, 0.15) is 6.61 Å². The van der Waals surface area contributed by atoms with Gasteiger partial charge in [-0.25, -0.2) is 4.39 Å². The molecule has 1 aromatic carbocycles. The van der Waals surface area contributed by atoms with Gasteiger partial charge < -0.3 is 15.6 Å². The number of aliphatic hydroxyl groups excluding tert-OH is 1. The number of aliphatic hydroxyl groups is 1. The molecule has 0 bridgehead atoms. The van der Waals surface area contributed by atoms with Crippen molar-refractivity contribution in [1.82, 2.24) is 0 Å². The summed E-state index contributed by atoms with van der Waals surface area (Å²) in [7, 11) is 0. The lowest BCUT2D eigenvalue weighted by Gasteiger charge is -2.10. The number of hydrogen-bond acceptors (Lipinski definition) is 3. The molecule has 1 unspecified atom stereocenters. The van der Waals surface area contributed by atoms with Crippen LogP contribution >= 0.6 is 0 Å². The maximum atomic E-state index is 12.9. The van der Waals surface area contributed by atoms with Gasteiger partial charge in [0, 0.05) is 0 Å². The zero-order valence-electron chi connectivity index (χ0n) is 7.11. The van der Waals surface area contributed by atoms with Gasteiger partial charge in [-0.3, -0.25) is 0 Å². The minimum absolute atomic E-state index is 0.109. The van der Waals surface area contributed by atoms with Crippen molar-refractivity contribution >= 4 is 0 Å². The highest BCUT2D eigenvalue weighted by Crippen LogP contribution is 2.14. The normalized spacial score (nSPS) is 12.5. The third-order valence-electron chi connectivity index (χ3n) is 1.52. The fourth-order valence-corrected chi connectivity index (χ4v) is 0.811. The van der Waals surface area contributed by atoms with Crippen LogP contribution in [-0.2, 0) is 0 Å². The average molecular weight is 185 g/mol. The lowest BCUT2D eigenvalue weighted by molar-refractivity contribution is 0.202. The van der Waals surface area contributed by atoms with Crippen LogP contribution in [0.15, 0.2) is 24.3 Å². The van der Waals surface area contributed by atoms with E-state index >= 15 is 0 Å². The summed E-state index contributed by atoms with van der Waals surface area (Å²) in [6.07, 6.45) is 0. The summed E-state index contributed by atoms with van der Waals surface area (Å²) in [5, 5.41) is 8.58. The van der Waals surface area contributed by atoms with Crippen LogP contribution in [0.1, 0.15) is 0 Å². The van der Waals surface area contributed by atoms with Crippen molar-refractivity contribution in [2.45, 2.75) is 6.04 Å². The highest BCUT2D eigenvalue weighted by atomic mass is 19.1. The number of halogens is 1. The topological polar surface area (TPSA) is 55.5 Å². The summed E-state index contributed by atoms with van der Waals surface area (Å²) in [6, 6.07) is 5.59. The van der Waals surface area contributed by atoms with Crippen molar-refractivity contribution in [3.05, 3.63) is 30.1 Å². The average Bonchev–Trinajstić information content (AvgIpc) is 2.16. The third-order valence-corrected chi connectivity index (χ3v) is 1.52. The van der Waals surface area contributed by atoms with Gasteiger partial charge in [0.2, 0.25) is 0 Å². The second kappa shape index (κ2) is 4.79. The van der Waals surface area contributed by atoms with Gasteiger partial charge in [-0.1, -0.05) is 12.1 Å². The van der Waals surface area contributed by atoms with E-state index in [0.717, 1.165) is 0 Å². The van der Waals surface area contributed by atoms with Crippen molar-refractivity contribution in [1.29, 1.82) is 0 Å². The smallest absolute Gasteiger partial charge is 0.165 e. The predicted molar refractivity (Wildman–Crippen MR) is 47.0 cm³/mol. The first-order valence-electron chi connectivity index (χ1n) is 3.98. The molecule has 0 fully saturated rings. The maximum Gasteiger partial charge on any atom is 0.165 e. The van der Waals surface area contributed by atoms with Gasteiger partial charge in [0.05, 0.1) is 12.6 Å². The summed E-state index contributed by atoms with van der Waals surface area (Å²) >= 11 is 0. The van der Waals surface area contributed by atoms with Crippen LogP contribution in [0.3, 0.4) is 0 Å². The van der Waals surface area contributed by atoms with Gasteiger partial charge in [0.15, 0.2) is 11.6 Å². The van der Waals surface area contributed by atoms with E-state index in [2.05, 4.69) is 0 Å². The SMILES string of the molecule is NC(CO)COc1ccccc1F. The summed E-state index contributed by atoms with van der Waals surface area (Å²) in [4.78, 5) is 0. The molecule has 1 atom stereocenters. The van der Waals surface area contributed by atoms with Crippen LogP contribution in [0.2, 0.25) is 0 Å². The lowest BCUT2D eigenvalue weighted by Crippen LogP contribution is -2.31. The van der Waals surface area contributed by atoms with E-state index in [0.29, 0.717) is 0 Å². The standard InChI is InChI=1S/C9H12FNO2/c10-8-3-1-2-4-9(8)13-6-7(11)5-12/h1-4,7,12H,5-6,11H2. The number of benzene rings is 1. The molecule has 1 rings (SSSR count). The number of nitrogens with two attached hydrogens (primary N) is 1. The second-order valence-corrected chi connectivity index (χ2v) is 2.68. The molecular formula is C9H12FNO2. The second-order valence-electron chi connectivity index (χ2n) is 2.68. The molecule has 3 nitrogen and oxygen atoms in total. The molecular weight excluding hydrogens is 173 g/mol. The first-order valence-corrected chi connectivity index (χ1v) is 3.98. The lowest BCUT2D eigenvalue weighted by atomic mass is 10.3. The quantitative estimate of drug-likeness (QED) is 0.719. The molecule has 72 valence electrons. The molecule has 0 aliphatic carbocycles. The summed E-state index contributed by atoms with van der Waals surface area (Å²) in [5.74, 6) is -0.265. The Balaban J connectivity index is 2.50. The van der Waals surface area contributed by atoms with E-state index in [1.165, 1.54) is 12.1 Å². The molecule has 1 aromatic rings. The van der Waals surface area contributed by atoms with E-state index in [1.807, 2.05) is 0 Å². The van der Waals surface area contributed by atoms with Crippen LogP contribution in [-0.4, -0.2) is 24.4 Å². The van der Waals surface area contributed by atoms with Crippen molar-refractivity contribution in [3.8, 4) is 5.75 Å². The van der Waals surface area contributed by atoms with E-state index in [-0.39, 0.29) is 19.0 Å². The molecule has 0 amide bonds. The zero-order valence-corrected chi connectivity index (χ0v) is 7.11. The molecule has 0 aliphatic heterocycles. The minimum atomic E-state index is -0.473. The Morgan fingerprint density at radius 2 is 2.15 bits per heavy atom. The monoisotopic (exact) mass is 185 g/mol. The van der Waals surface area contributed by atoms with Crippen LogP contribution in [0.4, 0.5) is 4.39 Å². The van der Waals surface area contributed by atoms with Crippen molar-refractivity contribution in [2.24, 2.45) is 5.73 Å². The fourth-order valence-electron chi connectivity index (χ4n) is 0.811. The summed E-state index contributed by atoms with van der Waals surface area (Å²) in [6.45, 7) is -0.0636. The van der Waals surface area contributed by atoms with Crippen LogP contribution < -0.4 is 10.5 Å². The number of hydrogen-bond donors (Lipinski definition) is 2. The first-order chi connectivity index (χ1) is 6.24. The molecule has 0 aromatic heterocycles. The molecule has 4 heteroatoms. The van der Waals surface area contributed by atoms with Crippen molar-refractivity contribution < 1.29 is 14.2 Å². The zero-order chi connectivity index (χ0) is 9.68. The molecule has 3 N–H and O–H groups in total. The van der Waals surface area contributed by atoms with Gasteiger partial charge in [0.25, 0.3) is 0 Å². The Kier molecular flexibility index (Phi) is 3.67. The van der Waals surface area contributed by atoms with Crippen molar-refractivity contribution in [3.63, 3.8) is 0 Å². The van der Waals surface area contributed by atoms with Gasteiger partial charge in [-0.2, -0.15) is 0 Å².